The Bertz CT molecular complexity index is 523. The fourth-order valence-electron chi connectivity index (χ4n) is 1.86. The van der Waals surface area contributed by atoms with Gasteiger partial charge in [-0.3, -0.25) is 0 Å². The molecule has 0 spiro atoms. The average Bonchev–Trinajstić information content (AvgIpc) is 2.41. The molecule has 2 aromatic carbocycles. The monoisotopic (exact) mass is 261 g/mol. The van der Waals surface area contributed by atoms with Gasteiger partial charge in [-0.1, -0.05) is 41.9 Å². The van der Waals surface area contributed by atoms with Gasteiger partial charge in [0.05, 0.1) is 12.1 Å². The molecule has 0 aromatic heterocycles. The predicted octanol–water partition coefficient (Wildman–Crippen LogP) is 3.74. The smallest absolute Gasteiger partial charge is 0.138 e. The van der Waals surface area contributed by atoms with Gasteiger partial charge in [-0.15, -0.1) is 0 Å². The van der Waals surface area contributed by atoms with Crippen molar-refractivity contribution in [2.24, 2.45) is 0 Å². The summed E-state index contributed by atoms with van der Waals surface area (Å²) in [7, 11) is 3.57. The van der Waals surface area contributed by atoms with Crippen molar-refractivity contribution in [3.8, 4) is 16.9 Å². The molecule has 0 amide bonds. The highest BCUT2D eigenvalue weighted by atomic mass is 35.5. The van der Waals surface area contributed by atoms with E-state index in [2.05, 4.69) is 29.6 Å². The molecule has 94 valence electrons. The van der Waals surface area contributed by atoms with Gasteiger partial charge < -0.3 is 10.1 Å². The molecule has 0 atom stereocenters. The van der Waals surface area contributed by atoms with E-state index >= 15 is 0 Å². The summed E-state index contributed by atoms with van der Waals surface area (Å²) in [5.74, 6) is 0.702. The van der Waals surface area contributed by atoms with E-state index in [1.807, 2.05) is 25.2 Å². The molecule has 18 heavy (non-hydrogen) atoms. The summed E-state index contributed by atoms with van der Waals surface area (Å²) >= 11 is 6.02. The second-order valence-corrected chi connectivity index (χ2v) is 4.48. The van der Waals surface area contributed by atoms with Crippen molar-refractivity contribution in [3.63, 3.8) is 0 Å². The lowest BCUT2D eigenvalue weighted by atomic mass is 10.0. The van der Waals surface area contributed by atoms with E-state index in [1.54, 1.807) is 7.11 Å². The molecule has 0 bridgehead atoms. The zero-order chi connectivity index (χ0) is 13.0. The zero-order valence-corrected chi connectivity index (χ0v) is 11.3. The van der Waals surface area contributed by atoms with Crippen LogP contribution in [0.15, 0.2) is 42.5 Å². The van der Waals surface area contributed by atoms with Crippen molar-refractivity contribution < 1.29 is 4.74 Å². The van der Waals surface area contributed by atoms with Gasteiger partial charge in [-0.05, 0) is 35.9 Å². The van der Waals surface area contributed by atoms with Crippen LogP contribution in [0.1, 0.15) is 5.56 Å². The van der Waals surface area contributed by atoms with Crippen molar-refractivity contribution >= 4 is 11.6 Å². The maximum atomic E-state index is 6.02. The van der Waals surface area contributed by atoms with Crippen molar-refractivity contribution in [2.45, 2.75) is 6.54 Å². The third kappa shape index (κ3) is 2.84. The Morgan fingerprint density at radius 2 is 1.72 bits per heavy atom. The van der Waals surface area contributed by atoms with Crippen LogP contribution in [0.25, 0.3) is 11.1 Å². The minimum Gasteiger partial charge on any atom is -0.495 e. The van der Waals surface area contributed by atoms with Crippen molar-refractivity contribution in [1.29, 1.82) is 0 Å². The molecule has 0 fully saturated rings. The normalized spacial score (nSPS) is 10.4. The Hall–Kier alpha value is -1.51. The second-order valence-electron chi connectivity index (χ2n) is 4.08. The van der Waals surface area contributed by atoms with E-state index in [4.69, 9.17) is 16.3 Å². The average molecular weight is 262 g/mol. The SMILES string of the molecule is CNCc1ccc(-c2ccc(Cl)c(OC)c2)cc1. The maximum absolute atomic E-state index is 6.02. The summed E-state index contributed by atoms with van der Waals surface area (Å²) in [4.78, 5) is 0. The number of hydrogen-bond donors (Lipinski definition) is 1. The fraction of sp³-hybridized carbons (Fsp3) is 0.200. The molecule has 3 heteroatoms. The fourth-order valence-corrected chi connectivity index (χ4v) is 2.05. The molecule has 2 nitrogen and oxygen atoms in total. The molecule has 0 aliphatic rings. The summed E-state index contributed by atoms with van der Waals surface area (Å²) in [5.41, 5.74) is 3.53. The standard InChI is InChI=1S/C15H16ClNO/c1-17-10-11-3-5-12(6-4-11)13-7-8-14(16)15(9-13)18-2/h3-9,17H,10H2,1-2H3. The number of nitrogens with one attached hydrogen (secondary N) is 1. The quantitative estimate of drug-likeness (QED) is 0.905. The molecule has 2 aromatic rings. The molecule has 0 aliphatic heterocycles. The van der Waals surface area contributed by atoms with Crippen LogP contribution in [0, 0.1) is 0 Å². The van der Waals surface area contributed by atoms with E-state index in [0.29, 0.717) is 10.8 Å². The molecule has 1 N–H and O–H groups in total. The summed E-state index contributed by atoms with van der Waals surface area (Å²) in [5, 5.41) is 3.76. The highest BCUT2D eigenvalue weighted by Gasteiger charge is 2.04. The van der Waals surface area contributed by atoms with Crippen molar-refractivity contribution in [1.82, 2.24) is 5.32 Å². The van der Waals surface area contributed by atoms with Crippen LogP contribution in [0.5, 0.6) is 5.75 Å². The van der Waals surface area contributed by atoms with Crippen molar-refractivity contribution in [2.75, 3.05) is 14.2 Å². The molecule has 0 saturated heterocycles. The molecule has 0 heterocycles. The highest BCUT2D eigenvalue weighted by molar-refractivity contribution is 6.32. The summed E-state index contributed by atoms with van der Waals surface area (Å²) in [6.45, 7) is 0.879. The van der Waals surface area contributed by atoms with E-state index in [9.17, 15) is 0 Å². The van der Waals surface area contributed by atoms with Gasteiger partial charge in [0.15, 0.2) is 0 Å². The molecule has 0 aliphatic carbocycles. The first-order valence-electron chi connectivity index (χ1n) is 5.82. The van der Waals surface area contributed by atoms with Gasteiger partial charge in [-0.25, -0.2) is 0 Å². The van der Waals surface area contributed by atoms with Crippen LogP contribution >= 0.6 is 11.6 Å². The Morgan fingerprint density at radius 3 is 2.33 bits per heavy atom. The molecule has 2 rings (SSSR count). The molecular formula is C15H16ClNO. The van der Waals surface area contributed by atoms with Gasteiger partial charge >= 0.3 is 0 Å². The number of methoxy groups -OCH3 is 1. The Morgan fingerprint density at radius 1 is 1.06 bits per heavy atom. The maximum Gasteiger partial charge on any atom is 0.138 e. The van der Waals surface area contributed by atoms with Crippen LogP contribution in [0.2, 0.25) is 5.02 Å². The first kappa shape index (κ1) is 12.9. The first-order chi connectivity index (χ1) is 8.74. The minimum absolute atomic E-state index is 0.632. The number of rotatable bonds is 4. The topological polar surface area (TPSA) is 21.3 Å². The number of halogens is 1. The first-order valence-corrected chi connectivity index (χ1v) is 6.20. The lowest BCUT2D eigenvalue weighted by molar-refractivity contribution is 0.415. The largest absolute Gasteiger partial charge is 0.495 e. The third-order valence-electron chi connectivity index (χ3n) is 2.82. The summed E-state index contributed by atoms with van der Waals surface area (Å²) < 4.78 is 5.23. The number of benzene rings is 2. The highest BCUT2D eigenvalue weighted by Crippen LogP contribution is 2.30. The lowest BCUT2D eigenvalue weighted by Crippen LogP contribution is -2.04. The number of ether oxygens (including phenoxy) is 1. The van der Waals surface area contributed by atoms with E-state index in [1.165, 1.54) is 5.56 Å². The van der Waals surface area contributed by atoms with Crippen molar-refractivity contribution in [3.05, 3.63) is 53.1 Å². The molecule has 0 unspecified atom stereocenters. The van der Waals surface area contributed by atoms with E-state index in [0.717, 1.165) is 17.7 Å². The van der Waals surface area contributed by atoms with Gasteiger partial charge in [0.1, 0.15) is 5.75 Å². The molecule has 0 radical (unpaired) electrons. The second kappa shape index (κ2) is 5.89. The lowest BCUT2D eigenvalue weighted by Gasteiger charge is -2.07. The molecule has 0 saturated carbocycles. The number of hydrogen-bond acceptors (Lipinski definition) is 2. The summed E-state index contributed by atoms with van der Waals surface area (Å²) in [6, 6.07) is 14.3. The van der Waals surface area contributed by atoms with Gasteiger partial charge in [0.2, 0.25) is 0 Å². The van der Waals surface area contributed by atoms with Gasteiger partial charge in [-0.2, -0.15) is 0 Å². The summed E-state index contributed by atoms with van der Waals surface area (Å²) in [6.07, 6.45) is 0. The van der Waals surface area contributed by atoms with Crippen LogP contribution in [0.4, 0.5) is 0 Å². The van der Waals surface area contributed by atoms with Gasteiger partial charge in [0, 0.05) is 6.54 Å². The van der Waals surface area contributed by atoms with E-state index in [-0.39, 0.29) is 0 Å². The zero-order valence-electron chi connectivity index (χ0n) is 10.5. The minimum atomic E-state index is 0.632. The van der Waals surface area contributed by atoms with Gasteiger partial charge in [0.25, 0.3) is 0 Å². The van der Waals surface area contributed by atoms with Crippen LogP contribution in [-0.2, 0) is 6.54 Å². The van der Waals surface area contributed by atoms with Crippen LogP contribution < -0.4 is 10.1 Å². The Labute approximate surface area is 113 Å². The third-order valence-corrected chi connectivity index (χ3v) is 3.13. The molecular weight excluding hydrogens is 246 g/mol. The Kier molecular flexibility index (Phi) is 4.24. The van der Waals surface area contributed by atoms with Crippen LogP contribution in [-0.4, -0.2) is 14.2 Å². The predicted molar refractivity (Wildman–Crippen MR) is 76.2 cm³/mol. The van der Waals surface area contributed by atoms with Crippen LogP contribution in [0.3, 0.4) is 0 Å². The Balaban J connectivity index is 2.30. The van der Waals surface area contributed by atoms with E-state index < -0.39 is 0 Å².